The molecule has 2 rings (SSSR count). The maximum Gasteiger partial charge on any atom is 0.251 e. The van der Waals surface area contributed by atoms with E-state index >= 15 is 0 Å². The van der Waals surface area contributed by atoms with Crippen LogP contribution < -0.4 is 26.5 Å². The molecule has 8 nitrogen and oxygen atoms in total. The molecule has 0 aliphatic carbocycles. The van der Waals surface area contributed by atoms with Gasteiger partial charge in [-0.1, -0.05) is 0 Å². The fourth-order valence-electron chi connectivity index (χ4n) is 1.79. The van der Waals surface area contributed by atoms with Crippen LogP contribution in [0.15, 0.2) is 35.1 Å². The topological polar surface area (TPSA) is 111 Å². The fraction of sp³-hybridized carbons (Fsp3) is 0.143. The summed E-state index contributed by atoms with van der Waals surface area (Å²) >= 11 is 9.91. The predicted octanol–water partition coefficient (Wildman–Crippen LogP) is 1.00. The van der Waals surface area contributed by atoms with E-state index < -0.39 is 0 Å². The highest BCUT2D eigenvalue weighted by Crippen LogP contribution is 2.14. The molecule has 0 aliphatic rings. The number of aromatic amines is 2. The molecule has 0 bridgehead atoms. The molecule has 1 aromatic carbocycles. The average molecular weight is 365 g/mol. The number of aromatic nitrogens is 2. The Morgan fingerprint density at radius 3 is 2.54 bits per heavy atom. The second-order valence-corrected chi connectivity index (χ2v) is 5.46. The molecule has 1 heterocycles. The molecule has 2 aromatic rings. The Balaban J connectivity index is 1.83. The number of rotatable bonds is 4. The SMILES string of the molecule is COc1ccc(NC(=S)NNC(=O)Cc2cc(=O)[nH]c(=S)[nH]2)cc1. The number of carbonyl (C=O) groups is 1. The van der Waals surface area contributed by atoms with Gasteiger partial charge in [0, 0.05) is 17.4 Å². The van der Waals surface area contributed by atoms with E-state index in [-0.39, 0.29) is 27.8 Å². The van der Waals surface area contributed by atoms with Crippen molar-refractivity contribution < 1.29 is 9.53 Å². The highest BCUT2D eigenvalue weighted by Gasteiger charge is 2.05. The van der Waals surface area contributed by atoms with Crippen LogP contribution in [-0.4, -0.2) is 28.1 Å². The molecule has 1 aromatic heterocycles. The third-order valence-electron chi connectivity index (χ3n) is 2.83. The maximum absolute atomic E-state index is 11.8. The van der Waals surface area contributed by atoms with Gasteiger partial charge >= 0.3 is 0 Å². The summed E-state index contributed by atoms with van der Waals surface area (Å²) in [7, 11) is 1.58. The van der Waals surface area contributed by atoms with Crippen molar-refractivity contribution in [2.75, 3.05) is 12.4 Å². The third kappa shape index (κ3) is 5.48. The first-order valence-corrected chi connectivity index (χ1v) is 7.60. The lowest BCUT2D eigenvalue weighted by Gasteiger charge is -2.12. The number of nitrogens with one attached hydrogen (secondary N) is 5. The van der Waals surface area contributed by atoms with Gasteiger partial charge in [0.15, 0.2) is 9.88 Å². The molecule has 0 fully saturated rings. The minimum absolute atomic E-state index is 0.0499. The second-order valence-electron chi connectivity index (χ2n) is 4.65. The molecule has 5 N–H and O–H groups in total. The van der Waals surface area contributed by atoms with E-state index in [1.165, 1.54) is 6.07 Å². The van der Waals surface area contributed by atoms with Crippen LogP contribution in [0.5, 0.6) is 5.75 Å². The van der Waals surface area contributed by atoms with E-state index in [2.05, 4.69) is 26.1 Å². The number of carbonyl (C=O) groups excluding carboxylic acids is 1. The summed E-state index contributed by atoms with van der Waals surface area (Å²) in [5, 5.41) is 3.12. The number of hydrogen-bond donors (Lipinski definition) is 5. The smallest absolute Gasteiger partial charge is 0.251 e. The molecule has 24 heavy (non-hydrogen) atoms. The first-order chi connectivity index (χ1) is 11.5. The number of methoxy groups -OCH3 is 1. The van der Waals surface area contributed by atoms with E-state index in [1.807, 2.05) is 0 Å². The summed E-state index contributed by atoms with van der Waals surface area (Å²) in [6.07, 6.45) is -0.0499. The van der Waals surface area contributed by atoms with Crippen molar-refractivity contribution in [2.24, 2.45) is 0 Å². The zero-order chi connectivity index (χ0) is 17.5. The Morgan fingerprint density at radius 2 is 1.92 bits per heavy atom. The Bertz CT molecular complexity index is 816. The van der Waals surface area contributed by atoms with Crippen LogP contribution in [0.25, 0.3) is 0 Å². The number of thiocarbonyl (C=S) groups is 1. The minimum Gasteiger partial charge on any atom is -0.497 e. The van der Waals surface area contributed by atoms with Crippen molar-refractivity contribution in [1.29, 1.82) is 0 Å². The van der Waals surface area contributed by atoms with Crippen molar-refractivity contribution in [1.82, 2.24) is 20.8 Å². The molecule has 0 atom stereocenters. The number of benzene rings is 1. The van der Waals surface area contributed by atoms with Crippen molar-refractivity contribution in [3.8, 4) is 5.75 Å². The number of H-pyrrole nitrogens is 2. The van der Waals surface area contributed by atoms with E-state index in [4.69, 9.17) is 29.2 Å². The van der Waals surface area contributed by atoms with Gasteiger partial charge in [-0.05, 0) is 48.7 Å². The summed E-state index contributed by atoms with van der Waals surface area (Å²) < 4.78 is 5.22. The highest BCUT2D eigenvalue weighted by atomic mass is 32.1. The van der Waals surface area contributed by atoms with E-state index in [1.54, 1.807) is 31.4 Å². The summed E-state index contributed by atoms with van der Waals surface area (Å²) in [4.78, 5) is 28.2. The largest absolute Gasteiger partial charge is 0.497 e. The van der Waals surface area contributed by atoms with Gasteiger partial charge in [-0.25, -0.2) is 0 Å². The summed E-state index contributed by atoms with van der Waals surface area (Å²) in [6.45, 7) is 0. The zero-order valence-corrected chi connectivity index (χ0v) is 14.3. The Hall–Kier alpha value is -2.72. The van der Waals surface area contributed by atoms with Gasteiger partial charge in [0.05, 0.1) is 13.5 Å². The lowest BCUT2D eigenvalue weighted by Crippen LogP contribution is -2.44. The number of hydrazine groups is 1. The Kier molecular flexibility index (Phi) is 6.04. The molecule has 1 amide bonds. The van der Waals surface area contributed by atoms with Crippen molar-refractivity contribution in [3.63, 3.8) is 0 Å². The van der Waals surface area contributed by atoms with Gasteiger partial charge in [0.25, 0.3) is 5.56 Å². The van der Waals surface area contributed by atoms with Gasteiger partial charge < -0.3 is 15.0 Å². The molecule has 0 saturated carbocycles. The monoisotopic (exact) mass is 365 g/mol. The minimum atomic E-state index is -0.384. The molecular weight excluding hydrogens is 350 g/mol. The number of anilines is 1. The Morgan fingerprint density at radius 1 is 1.21 bits per heavy atom. The van der Waals surface area contributed by atoms with Gasteiger partial charge in [-0.2, -0.15) is 0 Å². The lowest BCUT2D eigenvalue weighted by atomic mass is 10.3. The van der Waals surface area contributed by atoms with Gasteiger partial charge in [0.2, 0.25) is 5.91 Å². The summed E-state index contributed by atoms with van der Waals surface area (Å²) in [6, 6.07) is 8.39. The first kappa shape index (κ1) is 17.6. The van der Waals surface area contributed by atoms with E-state index in [9.17, 15) is 9.59 Å². The molecule has 0 radical (unpaired) electrons. The lowest BCUT2D eigenvalue weighted by molar-refractivity contribution is -0.121. The summed E-state index contributed by atoms with van der Waals surface area (Å²) in [5.41, 5.74) is 5.77. The molecule has 0 saturated heterocycles. The maximum atomic E-state index is 11.8. The van der Waals surface area contributed by atoms with Crippen molar-refractivity contribution >= 4 is 41.1 Å². The molecule has 0 spiro atoms. The molecule has 126 valence electrons. The first-order valence-electron chi connectivity index (χ1n) is 6.78. The van der Waals surface area contributed by atoms with Crippen LogP contribution >= 0.6 is 24.4 Å². The van der Waals surface area contributed by atoms with Crippen LogP contribution in [-0.2, 0) is 11.2 Å². The van der Waals surface area contributed by atoms with Crippen LogP contribution in [0, 0.1) is 4.77 Å². The number of amides is 1. The number of hydrogen-bond acceptors (Lipinski definition) is 5. The molecule has 10 heteroatoms. The fourth-order valence-corrected chi connectivity index (χ4v) is 2.20. The van der Waals surface area contributed by atoms with E-state index in [0.717, 1.165) is 11.4 Å². The van der Waals surface area contributed by atoms with Gasteiger partial charge in [-0.3, -0.25) is 25.4 Å². The van der Waals surface area contributed by atoms with Crippen molar-refractivity contribution in [2.45, 2.75) is 6.42 Å². The zero-order valence-electron chi connectivity index (χ0n) is 12.6. The Labute approximate surface area is 147 Å². The molecule has 0 unspecified atom stereocenters. The third-order valence-corrected chi connectivity index (χ3v) is 3.24. The molecular formula is C14H15N5O3S2. The van der Waals surface area contributed by atoms with Crippen LogP contribution in [0.1, 0.15) is 5.69 Å². The number of ether oxygens (including phenoxy) is 1. The van der Waals surface area contributed by atoms with E-state index in [0.29, 0.717) is 5.69 Å². The quantitative estimate of drug-likeness (QED) is 0.406. The summed E-state index contributed by atoms with van der Waals surface area (Å²) in [5.74, 6) is 0.341. The standard InChI is InChI=1S/C14H15N5O3S2/c1-22-10-4-2-8(3-5-10)15-14(24)19-18-12(21)7-9-6-11(20)17-13(23)16-9/h2-6H,7H2,1H3,(H,18,21)(H2,15,19,24)(H2,16,17,20,23). The van der Waals surface area contributed by atoms with Crippen LogP contribution in [0.4, 0.5) is 5.69 Å². The second kappa shape index (κ2) is 8.22. The highest BCUT2D eigenvalue weighted by molar-refractivity contribution is 7.80. The van der Waals surface area contributed by atoms with Gasteiger partial charge in [-0.15, -0.1) is 0 Å². The van der Waals surface area contributed by atoms with Gasteiger partial charge in [0.1, 0.15) is 5.75 Å². The normalized spacial score (nSPS) is 9.88. The average Bonchev–Trinajstić information content (AvgIpc) is 2.53. The van der Waals surface area contributed by atoms with Crippen LogP contribution in [0.2, 0.25) is 0 Å². The van der Waals surface area contributed by atoms with Crippen LogP contribution in [0.3, 0.4) is 0 Å². The molecule has 0 aliphatic heterocycles. The van der Waals surface area contributed by atoms with Crippen molar-refractivity contribution in [3.05, 3.63) is 51.2 Å². The predicted molar refractivity (Wildman–Crippen MR) is 96.4 cm³/mol.